The Labute approximate surface area is 88.0 Å². The minimum Gasteiger partial charge on any atom is -0.477 e. The van der Waals surface area contributed by atoms with E-state index in [0.29, 0.717) is 18.8 Å². The maximum atomic E-state index is 10.9. The first-order valence-electron chi connectivity index (χ1n) is 5.05. The second-order valence-corrected chi connectivity index (χ2v) is 3.15. The van der Waals surface area contributed by atoms with Gasteiger partial charge in [0.1, 0.15) is 0 Å². The van der Waals surface area contributed by atoms with Gasteiger partial charge in [0.2, 0.25) is 0 Å². The number of aryl methyl sites for hydroxylation is 1. The molecular weight excluding hydrogens is 198 g/mol. The van der Waals surface area contributed by atoms with E-state index in [0.717, 1.165) is 12.8 Å². The Bertz CT molecular complexity index is 332. The van der Waals surface area contributed by atoms with Gasteiger partial charge in [0.15, 0.2) is 11.3 Å². The second kappa shape index (κ2) is 5.38. The first-order valence-corrected chi connectivity index (χ1v) is 5.05. The van der Waals surface area contributed by atoms with Gasteiger partial charge in [-0.1, -0.05) is 20.3 Å². The summed E-state index contributed by atoms with van der Waals surface area (Å²) in [5.74, 6) is -0.610. The zero-order chi connectivity index (χ0) is 11.3. The Morgan fingerprint density at radius 3 is 2.80 bits per heavy atom. The summed E-state index contributed by atoms with van der Waals surface area (Å²) in [6.07, 6.45) is 2.35. The predicted molar refractivity (Wildman–Crippen MR) is 53.2 cm³/mol. The summed E-state index contributed by atoms with van der Waals surface area (Å²) in [5, 5.41) is 12.5. The Balaban J connectivity index is 2.78. The molecule has 5 heteroatoms. The molecule has 1 heterocycles. The summed E-state index contributed by atoms with van der Waals surface area (Å²) in [7, 11) is 0. The van der Waals surface area contributed by atoms with E-state index in [1.807, 2.05) is 13.8 Å². The van der Waals surface area contributed by atoms with E-state index in [1.54, 1.807) is 0 Å². The van der Waals surface area contributed by atoms with Crippen molar-refractivity contribution in [2.45, 2.75) is 33.1 Å². The summed E-state index contributed by atoms with van der Waals surface area (Å²) >= 11 is 0. The topological polar surface area (TPSA) is 72.6 Å². The van der Waals surface area contributed by atoms with Gasteiger partial charge < -0.3 is 14.4 Å². The number of hydrogen-bond acceptors (Lipinski definition) is 4. The third-order valence-corrected chi connectivity index (χ3v) is 2.00. The fraction of sp³-hybridized carbons (Fsp3) is 0.600. The molecule has 1 aromatic rings. The SMILES string of the molecule is CCCCOc1noc(CC)c1C(=O)O. The fourth-order valence-corrected chi connectivity index (χ4v) is 1.17. The molecule has 0 aromatic carbocycles. The average molecular weight is 213 g/mol. The van der Waals surface area contributed by atoms with Gasteiger partial charge in [-0.05, 0) is 11.6 Å². The van der Waals surface area contributed by atoms with Gasteiger partial charge >= 0.3 is 5.97 Å². The number of rotatable bonds is 6. The van der Waals surface area contributed by atoms with Crippen molar-refractivity contribution < 1.29 is 19.2 Å². The third kappa shape index (κ3) is 2.71. The molecule has 84 valence electrons. The Morgan fingerprint density at radius 2 is 2.27 bits per heavy atom. The molecule has 0 radical (unpaired) electrons. The second-order valence-electron chi connectivity index (χ2n) is 3.15. The molecule has 0 aliphatic rings. The number of carboxylic acid groups (broad SMARTS) is 1. The lowest BCUT2D eigenvalue weighted by Gasteiger charge is -2.01. The fourth-order valence-electron chi connectivity index (χ4n) is 1.17. The average Bonchev–Trinajstić information content (AvgIpc) is 2.61. The van der Waals surface area contributed by atoms with Crippen molar-refractivity contribution in [3.8, 4) is 5.88 Å². The zero-order valence-electron chi connectivity index (χ0n) is 8.95. The highest BCUT2D eigenvalue weighted by Crippen LogP contribution is 2.22. The molecule has 0 aliphatic carbocycles. The van der Waals surface area contributed by atoms with Crippen LogP contribution in [0.3, 0.4) is 0 Å². The van der Waals surface area contributed by atoms with Crippen molar-refractivity contribution in [3.63, 3.8) is 0 Å². The molecule has 0 spiro atoms. The minimum atomic E-state index is -1.06. The van der Waals surface area contributed by atoms with Crippen LogP contribution >= 0.6 is 0 Å². The molecule has 0 bridgehead atoms. The molecule has 0 amide bonds. The van der Waals surface area contributed by atoms with Gasteiger partial charge in [0, 0.05) is 6.42 Å². The van der Waals surface area contributed by atoms with E-state index in [4.69, 9.17) is 14.4 Å². The lowest BCUT2D eigenvalue weighted by atomic mass is 10.2. The molecule has 0 saturated heterocycles. The highest BCUT2D eigenvalue weighted by Gasteiger charge is 2.22. The summed E-state index contributed by atoms with van der Waals surface area (Å²) in [6.45, 7) is 4.30. The van der Waals surface area contributed by atoms with Crippen LogP contribution in [0.1, 0.15) is 42.8 Å². The number of aromatic nitrogens is 1. The summed E-state index contributed by atoms with van der Waals surface area (Å²) in [5.41, 5.74) is 0.0496. The van der Waals surface area contributed by atoms with E-state index < -0.39 is 5.97 Å². The van der Waals surface area contributed by atoms with Gasteiger partial charge in [0.25, 0.3) is 5.88 Å². The summed E-state index contributed by atoms with van der Waals surface area (Å²) < 4.78 is 10.1. The van der Waals surface area contributed by atoms with Crippen molar-refractivity contribution >= 4 is 5.97 Å². The molecule has 0 aliphatic heterocycles. The monoisotopic (exact) mass is 213 g/mol. The number of aromatic carboxylic acids is 1. The number of carboxylic acids is 1. The Kier molecular flexibility index (Phi) is 4.15. The van der Waals surface area contributed by atoms with E-state index in [-0.39, 0.29) is 11.4 Å². The highest BCUT2D eigenvalue weighted by molar-refractivity contribution is 5.91. The zero-order valence-corrected chi connectivity index (χ0v) is 8.95. The third-order valence-electron chi connectivity index (χ3n) is 2.00. The standard InChI is InChI=1S/C10H15NO4/c1-3-5-6-14-9-8(10(12)13)7(4-2)15-11-9/h3-6H2,1-2H3,(H,12,13). The van der Waals surface area contributed by atoms with Crippen LogP contribution < -0.4 is 4.74 Å². The van der Waals surface area contributed by atoms with Crippen LogP contribution in [0.15, 0.2) is 4.52 Å². The summed E-state index contributed by atoms with van der Waals surface area (Å²) in [6, 6.07) is 0. The molecule has 0 atom stereocenters. The van der Waals surface area contributed by atoms with Crippen molar-refractivity contribution in [2.75, 3.05) is 6.61 Å². The quantitative estimate of drug-likeness (QED) is 0.732. The van der Waals surface area contributed by atoms with Crippen molar-refractivity contribution in [1.29, 1.82) is 0 Å². The largest absolute Gasteiger partial charge is 0.477 e. The number of carbonyl (C=O) groups is 1. The lowest BCUT2D eigenvalue weighted by molar-refractivity contribution is 0.0690. The van der Waals surface area contributed by atoms with E-state index in [2.05, 4.69) is 5.16 Å². The molecule has 5 nitrogen and oxygen atoms in total. The maximum Gasteiger partial charge on any atom is 0.344 e. The normalized spacial score (nSPS) is 10.3. The number of unbranched alkanes of at least 4 members (excludes halogenated alkanes) is 1. The Morgan fingerprint density at radius 1 is 1.53 bits per heavy atom. The maximum absolute atomic E-state index is 10.9. The summed E-state index contributed by atoms with van der Waals surface area (Å²) in [4.78, 5) is 10.9. The van der Waals surface area contributed by atoms with Gasteiger partial charge in [-0.15, -0.1) is 0 Å². The van der Waals surface area contributed by atoms with E-state index in [9.17, 15) is 4.79 Å². The van der Waals surface area contributed by atoms with Gasteiger partial charge in [0.05, 0.1) is 6.61 Å². The predicted octanol–water partition coefficient (Wildman–Crippen LogP) is 2.11. The molecule has 0 fully saturated rings. The van der Waals surface area contributed by atoms with E-state index in [1.165, 1.54) is 0 Å². The van der Waals surface area contributed by atoms with Crippen LogP contribution in [-0.4, -0.2) is 22.8 Å². The lowest BCUT2D eigenvalue weighted by Crippen LogP contribution is -2.04. The molecule has 1 aromatic heterocycles. The molecular formula is C10H15NO4. The highest BCUT2D eigenvalue weighted by atomic mass is 16.5. The number of hydrogen-bond donors (Lipinski definition) is 1. The molecule has 1 rings (SSSR count). The van der Waals surface area contributed by atoms with Gasteiger partial charge in [-0.2, -0.15) is 0 Å². The van der Waals surface area contributed by atoms with Crippen molar-refractivity contribution in [1.82, 2.24) is 5.16 Å². The smallest absolute Gasteiger partial charge is 0.344 e. The van der Waals surface area contributed by atoms with Crippen LogP contribution in [0.2, 0.25) is 0 Å². The number of ether oxygens (including phenoxy) is 1. The molecule has 1 N–H and O–H groups in total. The van der Waals surface area contributed by atoms with Gasteiger partial charge in [-0.25, -0.2) is 4.79 Å². The van der Waals surface area contributed by atoms with Crippen LogP contribution in [0, 0.1) is 0 Å². The molecule has 0 saturated carbocycles. The Hall–Kier alpha value is -1.52. The van der Waals surface area contributed by atoms with Crippen molar-refractivity contribution in [3.05, 3.63) is 11.3 Å². The number of nitrogens with zero attached hydrogens (tertiary/aromatic N) is 1. The van der Waals surface area contributed by atoms with Crippen LogP contribution in [0.5, 0.6) is 5.88 Å². The first-order chi connectivity index (χ1) is 7.20. The van der Waals surface area contributed by atoms with Crippen LogP contribution in [0.4, 0.5) is 0 Å². The van der Waals surface area contributed by atoms with Gasteiger partial charge in [-0.3, -0.25) is 0 Å². The molecule has 15 heavy (non-hydrogen) atoms. The molecule has 0 unspecified atom stereocenters. The first kappa shape index (κ1) is 11.6. The minimum absolute atomic E-state index is 0.0496. The van der Waals surface area contributed by atoms with Crippen LogP contribution in [0.25, 0.3) is 0 Å². The van der Waals surface area contributed by atoms with E-state index >= 15 is 0 Å². The van der Waals surface area contributed by atoms with Crippen LogP contribution in [-0.2, 0) is 6.42 Å². The van der Waals surface area contributed by atoms with Crippen molar-refractivity contribution in [2.24, 2.45) is 0 Å².